The molecular weight excluding hydrogens is 164 g/mol. The van der Waals surface area contributed by atoms with E-state index in [0.717, 1.165) is 19.3 Å². The molecule has 2 unspecified atom stereocenters. The molecule has 1 N–H and O–H groups in total. The molecule has 1 rings (SSSR count). The second kappa shape index (κ2) is 3.09. The van der Waals surface area contributed by atoms with Crippen LogP contribution in [-0.2, 0) is 4.79 Å². The van der Waals surface area contributed by atoms with Gasteiger partial charge in [-0.05, 0) is 32.1 Å². The third-order valence-electron chi connectivity index (χ3n) is 3.31. The normalized spacial score (nSPS) is 38.7. The molecule has 0 heterocycles. The third kappa shape index (κ3) is 1.93. The van der Waals surface area contributed by atoms with Crippen LogP contribution in [0.5, 0.6) is 0 Å². The minimum absolute atomic E-state index is 0.0480. The van der Waals surface area contributed by atoms with Crippen molar-refractivity contribution in [3.63, 3.8) is 0 Å². The quantitative estimate of drug-likeness (QED) is 0.678. The highest BCUT2D eigenvalue weighted by molar-refractivity contribution is 5.80. The fourth-order valence-corrected chi connectivity index (χ4v) is 3.02. The summed E-state index contributed by atoms with van der Waals surface area (Å²) in [7, 11) is 0. The van der Waals surface area contributed by atoms with Crippen LogP contribution < -0.4 is 0 Å². The van der Waals surface area contributed by atoms with Crippen molar-refractivity contribution in [2.45, 2.75) is 52.6 Å². The molecule has 0 saturated heterocycles. The van der Waals surface area contributed by atoms with Crippen LogP contribution in [-0.4, -0.2) is 16.5 Å². The Morgan fingerprint density at radius 1 is 1.31 bits per heavy atom. The Bertz CT molecular complexity index is 200. The lowest BCUT2D eigenvalue weighted by Crippen LogP contribution is -2.50. The summed E-state index contributed by atoms with van der Waals surface area (Å²) in [6, 6.07) is 0. The van der Waals surface area contributed by atoms with Gasteiger partial charge in [-0.15, -0.1) is 0 Å². The second-order valence-corrected chi connectivity index (χ2v) is 5.24. The zero-order chi connectivity index (χ0) is 10.3. The lowest BCUT2D eigenvalue weighted by molar-refractivity contribution is -0.144. The molecule has 1 aliphatic rings. The summed E-state index contributed by atoms with van der Waals surface area (Å²) in [5.41, 5.74) is -0.846. The molecule has 13 heavy (non-hydrogen) atoms. The van der Waals surface area contributed by atoms with Crippen LogP contribution in [0, 0.1) is 11.3 Å². The Morgan fingerprint density at radius 2 is 1.85 bits per heavy atom. The van der Waals surface area contributed by atoms with E-state index in [4.69, 9.17) is 0 Å². The molecule has 0 aliphatic heterocycles. The first-order valence-electron chi connectivity index (χ1n) is 5.00. The summed E-state index contributed by atoms with van der Waals surface area (Å²) in [6.45, 7) is 7.53. The van der Waals surface area contributed by atoms with Gasteiger partial charge in [-0.3, -0.25) is 4.79 Å². The first kappa shape index (κ1) is 10.7. The molecule has 1 aliphatic carbocycles. The van der Waals surface area contributed by atoms with Crippen molar-refractivity contribution in [2.24, 2.45) is 11.3 Å². The monoisotopic (exact) mass is 184 g/mol. The summed E-state index contributed by atoms with van der Waals surface area (Å²) in [5, 5.41) is 10.1. The molecule has 2 heteroatoms. The lowest BCUT2D eigenvalue weighted by atomic mass is 9.60. The molecule has 2 nitrogen and oxygen atoms in total. The Balaban J connectivity index is 2.98. The number of rotatable bonds is 1. The summed E-state index contributed by atoms with van der Waals surface area (Å²) in [4.78, 5) is 11.5. The number of hydrogen-bond donors (Lipinski definition) is 1. The van der Waals surface area contributed by atoms with Crippen molar-refractivity contribution in [3.8, 4) is 0 Å². The van der Waals surface area contributed by atoms with Gasteiger partial charge in [0.2, 0.25) is 0 Å². The van der Waals surface area contributed by atoms with Crippen molar-refractivity contribution in [1.82, 2.24) is 0 Å². The highest BCUT2D eigenvalue weighted by atomic mass is 16.3. The average molecular weight is 184 g/mol. The van der Waals surface area contributed by atoms with Crippen LogP contribution >= 0.6 is 0 Å². The summed E-state index contributed by atoms with van der Waals surface area (Å²) < 4.78 is 0. The van der Waals surface area contributed by atoms with Gasteiger partial charge in [-0.25, -0.2) is 0 Å². The van der Waals surface area contributed by atoms with Gasteiger partial charge in [0, 0.05) is 0 Å². The SMILES string of the molecule is CC(=O)C1C(C)(C)CCCC1(C)O. The smallest absolute Gasteiger partial charge is 0.136 e. The fourth-order valence-electron chi connectivity index (χ4n) is 3.02. The van der Waals surface area contributed by atoms with E-state index in [-0.39, 0.29) is 17.1 Å². The molecule has 76 valence electrons. The van der Waals surface area contributed by atoms with Gasteiger partial charge < -0.3 is 5.11 Å². The number of hydrogen-bond acceptors (Lipinski definition) is 2. The van der Waals surface area contributed by atoms with E-state index < -0.39 is 5.60 Å². The van der Waals surface area contributed by atoms with Crippen LogP contribution in [0.1, 0.15) is 47.0 Å². The number of ketones is 1. The third-order valence-corrected chi connectivity index (χ3v) is 3.31. The highest BCUT2D eigenvalue weighted by Crippen LogP contribution is 2.46. The number of Topliss-reactive ketones (excluding diaryl/α,β-unsaturated/α-hetero) is 1. The van der Waals surface area contributed by atoms with Crippen molar-refractivity contribution in [1.29, 1.82) is 0 Å². The molecule has 1 saturated carbocycles. The Labute approximate surface area is 80.3 Å². The van der Waals surface area contributed by atoms with E-state index in [2.05, 4.69) is 13.8 Å². The number of carbonyl (C=O) groups excluding carboxylic acids is 1. The predicted octanol–water partition coefficient (Wildman–Crippen LogP) is 2.15. The lowest BCUT2D eigenvalue weighted by Gasteiger charge is -2.46. The second-order valence-electron chi connectivity index (χ2n) is 5.24. The van der Waals surface area contributed by atoms with Gasteiger partial charge >= 0.3 is 0 Å². The average Bonchev–Trinajstić information content (AvgIpc) is 1.79. The van der Waals surface area contributed by atoms with E-state index >= 15 is 0 Å². The van der Waals surface area contributed by atoms with E-state index in [1.54, 1.807) is 13.8 Å². The van der Waals surface area contributed by atoms with E-state index in [0.29, 0.717) is 0 Å². The maximum atomic E-state index is 11.5. The van der Waals surface area contributed by atoms with Gasteiger partial charge in [0.05, 0.1) is 11.5 Å². The van der Waals surface area contributed by atoms with Crippen LogP contribution in [0.15, 0.2) is 0 Å². The molecule has 0 amide bonds. The summed E-state index contributed by atoms with van der Waals surface area (Å²) in [5.74, 6) is -0.0801. The first-order chi connectivity index (χ1) is 5.77. The van der Waals surface area contributed by atoms with Crippen molar-refractivity contribution in [3.05, 3.63) is 0 Å². The minimum atomic E-state index is -0.798. The van der Waals surface area contributed by atoms with Crippen LogP contribution in [0.25, 0.3) is 0 Å². The van der Waals surface area contributed by atoms with E-state index in [1.165, 1.54) is 0 Å². The van der Waals surface area contributed by atoms with Crippen LogP contribution in [0.4, 0.5) is 0 Å². The molecular formula is C11H20O2. The molecule has 0 spiro atoms. The molecule has 2 atom stereocenters. The van der Waals surface area contributed by atoms with Gasteiger partial charge in [-0.2, -0.15) is 0 Å². The molecule has 0 aromatic heterocycles. The molecule has 1 fully saturated rings. The Kier molecular flexibility index (Phi) is 2.54. The first-order valence-corrected chi connectivity index (χ1v) is 5.00. The zero-order valence-electron chi connectivity index (χ0n) is 9.05. The van der Waals surface area contributed by atoms with E-state index in [9.17, 15) is 9.90 Å². The number of carbonyl (C=O) groups is 1. The molecule has 0 radical (unpaired) electrons. The summed E-state index contributed by atoms with van der Waals surface area (Å²) >= 11 is 0. The van der Waals surface area contributed by atoms with E-state index in [1.807, 2.05) is 0 Å². The molecule has 0 aromatic rings. The maximum absolute atomic E-state index is 11.5. The van der Waals surface area contributed by atoms with Gasteiger partial charge in [0.15, 0.2) is 0 Å². The summed E-state index contributed by atoms with van der Waals surface area (Å²) in [6.07, 6.45) is 2.80. The highest BCUT2D eigenvalue weighted by Gasteiger charge is 2.47. The fraction of sp³-hybridized carbons (Fsp3) is 0.909. The van der Waals surface area contributed by atoms with Crippen molar-refractivity contribution in [2.75, 3.05) is 0 Å². The topological polar surface area (TPSA) is 37.3 Å². The molecule has 0 aromatic carbocycles. The van der Waals surface area contributed by atoms with Gasteiger partial charge in [0.1, 0.15) is 5.78 Å². The zero-order valence-corrected chi connectivity index (χ0v) is 9.05. The van der Waals surface area contributed by atoms with Crippen LogP contribution in [0.3, 0.4) is 0 Å². The largest absolute Gasteiger partial charge is 0.389 e. The molecule has 0 bridgehead atoms. The Hall–Kier alpha value is -0.370. The Morgan fingerprint density at radius 3 is 2.15 bits per heavy atom. The van der Waals surface area contributed by atoms with Crippen molar-refractivity contribution < 1.29 is 9.90 Å². The predicted molar refractivity (Wildman–Crippen MR) is 52.4 cm³/mol. The maximum Gasteiger partial charge on any atom is 0.136 e. The van der Waals surface area contributed by atoms with Crippen molar-refractivity contribution >= 4 is 5.78 Å². The minimum Gasteiger partial charge on any atom is -0.389 e. The van der Waals surface area contributed by atoms with Gasteiger partial charge in [-0.1, -0.05) is 20.3 Å². The van der Waals surface area contributed by atoms with Gasteiger partial charge in [0.25, 0.3) is 0 Å². The van der Waals surface area contributed by atoms with Crippen LogP contribution in [0.2, 0.25) is 0 Å². The standard InChI is InChI=1S/C11H20O2/c1-8(12)9-10(2,3)6-5-7-11(9,4)13/h9,13H,5-7H2,1-4H3. The number of aliphatic hydroxyl groups is 1.